The Labute approximate surface area is 84.1 Å². The monoisotopic (exact) mass is 200 g/mol. The summed E-state index contributed by atoms with van der Waals surface area (Å²) in [5.74, 6) is 0.533. The van der Waals surface area contributed by atoms with E-state index in [2.05, 4.69) is 5.32 Å². The van der Waals surface area contributed by atoms with Crippen molar-refractivity contribution in [2.75, 3.05) is 6.54 Å². The number of carbonyl (C=O) groups excluding carboxylic acids is 1. The molecule has 0 atom stereocenters. The molecule has 0 saturated heterocycles. The van der Waals surface area contributed by atoms with E-state index in [0.29, 0.717) is 10.9 Å². The third-order valence-corrected chi connectivity index (χ3v) is 2.30. The molecule has 13 heavy (non-hydrogen) atoms. The minimum Gasteiger partial charge on any atom is -0.393 e. The van der Waals surface area contributed by atoms with Crippen molar-refractivity contribution in [1.82, 2.24) is 5.32 Å². The van der Waals surface area contributed by atoms with Gasteiger partial charge in [0.15, 0.2) is 0 Å². The van der Waals surface area contributed by atoms with Crippen molar-refractivity contribution < 1.29 is 4.79 Å². The summed E-state index contributed by atoms with van der Waals surface area (Å²) < 4.78 is 0. The molecule has 1 saturated carbocycles. The molecule has 1 amide bonds. The van der Waals surface area contributed by atoms with Gasteiger partial charge in [-0.3, -0.25) is 4.79 Å². The highest BCUT2D eigenvalue weighted by Gasteiger charge is 2.28. The van der Waals surface area contributed by atoms with Gasteiger partial charge in [0.1, 0.15) is 0 Å². The first-order valence-electron chi connectivity index (χ1n) is 4.76. The van der Waals surface area contributed by atoms with Crippen molar-refractivity contribution in [3.05, 3.63) is 0 Å². The molecule has 0 aromatic heterocycles. The topological polar surface area (TPSA) is 55.1 Å². The van der Waals surface area contributed by atoms with Crippen molar-refractivity contribution in [2.45, 2.75) is 32.1 Å². The number of carbonyl (C=O) groups is 1. The van der Waals surface area contributed by atoms with E-state index in [4.69, 9.17) is 18.0 Å². The van der Waals surface area contributed by atoms with E-state index in [1.54, 1.807) is 0 Å². The Balaban J connectivity index is 1.88. The maximum Gasteiger partial charge on any atom is 0.223 e. The van der Waals surface area contributed by atoms with Crippen LogP contribution in [0.25, 0.3) is 0 Å². The minimum absolute atomic E-state index is 0.218. The zero-order chi connectivity index (χ0) is 9.68. The molecule has 0 aromatic rings. The average molecular weight is 200 g/mol. The van der Waals surface area contributed by atoms with Crippen LogP contribution < -0.4 is 11.1 Å². The number of hydrogen-bond acceptors (Lipinski definition) is 2. The number of amides is 1. The van der Waals surface area contributed by atoms with Crippen LogP contribution in [-0.4, -0.2) is 17.4 Å². The molecule has 1 aliphatic carbocycles. The van der Waals surface area contributed by atoms with Gasteiger partial charge in [-0.05, 0) is 32.1 Å². The third kappa shape index (κ3) is 4.83. The standard InChI is InChI=1S/C9H16N2OS/c10-8(13)3-1-2-6-11-9(12)7-4-5-7/h7H,1-6H2,(H2,10,13)(H,11,12). The Bertz CT molecular complexity index is 202. The molecule has 1 rings (SSSR count). The van der Waals surface area contributed by atoms with Crippen LogP contribution in [0.4, 0.5) is 0 Å². The van der Waals surface area contributed by atoms with Crippen molar-refractivity contribution in [3.63, 3.8) is 0 Å². The van der Waals surface area contributed by atoms with Gasteiger partial charge in [0.25, 0.3) is 0 Å². The van der Waals surface area contributed by atoms with E-state index in [1.165, 1.54) is 0 Å². The fourth-order valence-corrected chi connectivity index (χ4v) is 1.27. The lowest BCUT2D eigenvalue weighted by atomic mass is 10.2. The van der Waals surface area contributed by atoms with Crippen LogP contribution >= 0.6 is 12.2 Å². The van der Waals surface area contributed by atoms with Gasteiger partial charge in [-0.2, -0.15) is 0 Å². The summed E-state index contributed by atoms with van der Waals surface area (Å²) in [5, 5.41) is 2.90. The molecule has 1 fully saturated rings. The number of hydrogen-bond donors (Lipinski definition) is 2. The lowest BCUT2D eigenvalue weighted by Gasteiger charge is -2.02. The number of nitrogens with one attached hydrogen (secondary N) is 1. The largest absolute Gasteiger partial charge is 0.393 e. The summed E-state index contributed by atoms with van der Waals surface area (Å²) in [5.41, 5.74) is 5.34. The van der Waals surface area contributed by atoms with Gasteiger partial charge in [0.2, 0.25) is 5.91 Å². The van der Waals surface area contributed by atoms with Crippen molar-refractivity contribution in [1.29, 1.82) is 0 Å². The van der Waals surface area contributed by atoms with Crippen LogP contribution in [0.15, 0.2) is 0 Å². The Morgan fingerprint density at radius 3 is 2.69 bits per heavy atom. The highest BCUT2D eigenvalue weighted by atomic mass is 32.1. The van der Waals surface area contributed by atoms with E-state index >= 15 is 0 Å². The molecule has 3 N–H and O–H groups in total. The predicted octanol–water partition coefficient (Wildman–Crippen LogP) is 0.969. The molecular weight excluding hydrogens is 184 g/mol. The molecule has 1 aliphatic rings. The molecule has 0 heterocycles. The molecule has 3 nitrogen and oxygen atoms in total. The maximum absolute atomic E-state index is 11.1. The molecule has 74 valence electrons. The third-order valence-electron chi connectivity index (χ3n) is 2.10. The molecule has 4 heteroatoms. The molecule has 0 unspecified atom stereocenters. The van der Waals surface area contributed by atoms with Crippen LogP contribution in [0.3, 0.4) is 0 Å². The van der Waals surface area contributed by atoms with Crippen LogP contribution in [0, 0.1) is 5.92 Å². The van der Waals surface area contributed by atoms with E-state index in [-0.39, 0.29) is 5.91 Å². The first kappa shape index (κ1) is 10.4. The van der Waals surface area contributed by atoms with E-state index in [1.807, 2.05) is 0 Å². The molecular formula is C9H16N2OS. The second-order valence-electron chi connectivity index (χ2n) is 3.49. The van der Waals surface area contributed by atoms with Gasteiger partial charge in [0, 0.05) is 12.5 Å². The highest BCUT2D eigenvalue weighted by molar-refractivity contribution is 7.80. The first-order valence-corrected chi connectivity index (χ1v) is 5.17. The van der Waals surface area contributed by atoms with Gasteiger partial charge >= 0.3 is 0 Å². The fraction of sp³-hybridized carbons (Fsp3) is 0.778. The number of nitrogens with two attached hydrogens (primary N) is 1. The summed E-state index contributed by atoms with van der Waals surface area (Å²) in [6.45, 7) is 0.762. The summed E-state index contributed by atoms with van der Waals surface area (Å²) in [6, 6.07) is 0. The van der Waals surface area contributed by atoms with Gasteiger partial charge in [-0.25, -0.2) is 0 Å². The number of rotatable bonds is 6. The normalized spacial score (nSPS) is 15.4. The highest BCUT2D eigenvalue weighted by Crippen LogP contribution is 2.28. The predicted molar refractivity (Wildman–Crippen MR) is 56.4 cm³/mol. The van der Waals surface area contributed by atoms with Crippen molar-refractivity contribution >= 4 is 23.1 Å². The fourth-order valence-electron chi connectivity index (χ4n) is 1.13. The summed E-state index contributed by atoms with van der Waals surface area (Å²) >= 11 is 4.74. The average Bonchev–Trinajstić information content (AvgIpc) is 2.85. The first-order chi connectivity index (χ1) is 6.20. The summed E-state index contributed by atoms with van der Waals surface area (Å²) in [7, 11) is 0. The maximum atomic E-state index is 11.1. The Morgan fingerprint density at radius 1 is 1.46 bits per heavy atom. The number of thiocarbonyl (C=S) groups is 1. The molecule has 0 aromatic carbocycles. The van der Waals surface area contributed by atoms with Crippen molar-refractivity contribution in [2.24, 2.45) is 11.7 Å². The Morgan fingerprint density at radius 2 is 2.15 bits per heavy atom. The Kier molecular flexibility index (Phi) is 4.15. The Hall–Kier alpha value is -0.640. The van der Waals surface area contributed by atoms with Gasteiger partial charge in [0.05, 0.1) is 4.99 Å². The van der Waals surface area contributed by atoms with Crippen molar-refractivity contribution in [3.8, 4) is 0 Å². The minimum atomic E-state index is 0.218. The molecule has 0 radical (unpaired) electrons. The molecule has 0 bridgehead atoms. The number of unbranched alkanes of at least 4 members (excludes halogenated alkanes) is 1. The second kappa shape index (κ2) is 5.17. The quantitative estimate of drug-likeness (QED) is 0.496. The van der Waals surface area contributed by atoms with Gasteiger partial charge < -0.3 is 11.1 Å². The summed E-state index contributed by atoms with van der Waals surface area (Å²) in [4.78, 5) is 11.7. The van der Waals surface area contributed by atoms with E-state index < -0.39 is 0 Å². The summed E-state index contributed by atoms with van der Waals surface area (Å²) in [6.07, 6.45) is 4.86. The van der Waals surface area contributed by atoms with Crippen LogP contribution in [0.1, 0.15) is 32.1 Å². The van der Waals surface area contributed by atoms with Gasteiger partial charge in [-0.1, -0.05) is 12.2 Å². The zero-order valence-electron chi connectivity index (χ0n) is 7.71. The lowest BCUT2D eigenvalue weighted by molar-refractivity contribution is -0.122. The van der Waals surface area contributed by atoms with E-state index in [0.717, 1.165) is 38.6 Å². The molecule has 0 aliphatic heterocycles. The SMILES string of the molecule is NC(=S)CCCCNC(=O)C1CC1. The van der Waals surface area contributed by atoms with Gasteiger partial charge in [-0.15, -0.1) is 0 Å². The van der Waals surface area contributed by atoms with Crippen LogP contribution in [0.5, 0.6) is 0 Å². The van der Waals surface area contributed by atoms with Crippen LogP contribution in [-0.2, 0) is 4.79 Å². The smallest absolute Gasteiger partial charge is 0.223 e. The van der Waals surface area contributed by atoms with E-state index in [9.17, 15) is 4.79 Å². The lowest BCUT2D eigenvalue weighted by Crippen LogP contribution is -2.25. The molecule has 0 spiro atoms. The zero-order valence-corrected chi connectivity index (χ0v) is 8.53. The second-order valence-corrected chi connectivity index (χ2v) is 4.01. The van der Waals surface area contributed by atoms with Crippen LogP contribution in [0.2, 0.25) is 0 Å².